The lowest BCUT2D eigenvalue weighted by molar-refractivity contribution is 0.527. The third-order valence-corrected chi connectivity index (χ3v) is 4.32. The lowest BCUT2D eigenvalue weighted by Gasteiger charge is -2.15. The van der Waals surface area contributed by atoms with E-state index in [9.17, 15) is 8.60 Å². The van der Waals surface area contributed by atoms with Crippen molar-refractivity contribution in [2.24, 2.45) is 0 Å². The Kier molecular flexibility index (Phi) is 3.17. The minimum atomic E-state index is -1.18. The fourth-order valence-corrected chi connectivity index (χ4v) is 3.41. The van der Waals surface area contributed by atoms with Crippen molar-refractivity contribution in [3.8, 4) is 0 Å². The lowest BCUT2D eigenvalue weighted by Crippen LogP contribution is -2.16. The van der Waals surface area contributed by atoms with E-state index in [2.05, 4.69) is 5.32 Å². The molecule has 1 aliphatic rings. The molecule has 0 radical (unpaired) electrons. The first kappa shape index (κ1) is 10.8. The molecular weight excluding hydrogens is 213 g/mol. The van der Waals surface area contributed by atoms with Gasteiger partial charge in [0.25, 0.3) is 0 Å². The third-order valence-electron chi connectivity index (χ3n) is 2.77. The number of hydrogen-bond donors (Lipinski definition) is 1. The van der Waals surface area contributed by atoms with Crippen LogP contribution in [0.15, 0.2) is 23.1 Å². The van der Waals surface area contributed by atoms with E-state index in [4.69, 9.17) is 0 Å². The molecule has 4 heteroatoms. The molecule has 0 saturated carbocycles. The Morgan fingerprint density at radius 3 is 3.07 bits per heavy atom. The van der Waals surface area contributed by atoms with Gasteiger partial charge in [-0.3, -0.25) is 4.21 Å². The van der Waals surface area contributed by atoms with Gasteiger partial charge in [0.1, 0.15) is 5.82 Å². The first-order chi connectivity index (χ1) is 7.24. The number of benzene rings is 1. The van der Waals surface area contributed by atoms with Gasteiger partial charge in [0, 0.05) is 11.8 Å². The highest BCUT2D eigenvalue weighted by Gasteiger charge is 2.23. The van der Waals surface area contributed by atoms with Gasteiger partial charge < -0.3 is 5.32 Å². The fraction of sp³-hybridized carbons (Fsp3) is 0.455. The van der Waals surface area contributed by atoms with Gasteiger partial charge in [-0.05, 0) is 31.5 Å². The van der Waals surface area contributed by atoms with Gasteiger partial charge in [0.2, 0.25) is 0 Å². The van der Waals surface area contributed by atoms with E-state index < -0.39 is 10.8 Å². The second-order valence-electron chi connectivity index (χ2n) is 3.69. The molecule has 2 rings (SSSR count). The number of fused-ring (bicyclic) bond motifs is 1. The zero-order valence-electron chi connectivity index (χ0n) is 8.63. The van der Waals surface area contributed by atoms with Crippen molar-refractivity contribution in [2.45, 2.75) is 23.8 Å². The predicted octanol–water partition coefficient (Wildman–Crippen LogP) is 1.99. The van der Waals surface area contributed by atoms with Crippen molar-refractivity contribution in [1.82, 2.24) is 5.32 Å². The van der Waals surface area contributed by atoms with Gasteiger partial charge in [0.15, 0.2) is 0 Å². The van der Waals surface area contributed by atoms with E-state index in [-0.39, 0.29) is 11.9 Å². The van der Waals surface area contributed by atoms with E-state index in [0.717, 1.165) is 18.4 Å². The fourth-order valence-electron chi connectivity index (χ4n) is 2.02. The standard InChI is InChI=1S/C11H14FNOS/c1-13-10-6-3-7-15(14)11-8(10)4-2-5-9(11)12/h2,4-5,10,13H,3,6-7H2,1H3. The maximum Gasteiger partial charge on any atom is 0.139 e. The van der Waals surface area contributed by atoms with Crippen LogP contribution in [0.25, 0.3) is 0 Å². The molecule has 0 aromatic heterocycles. The Morgan fingerprint density at radius 2 is 2.33 bits per heavy atom. The maximum atomic E-state index is 13.6. The first-order valence-electron chi connectivity index (χ1n) is 5.08. The van der Waals surface area contributed by atoms with E-state index >= 15 is 0 Å². The summed E-state index contributed by atoms with van der Waals surface area (Å²) in [5.74, 6) is 0.222. The van der Waals surface area contributed by atoms with Crippen molar-refractivity contribution >= 4 is 10.8 Å². The molecule has 2 unspecified atom stereocenters. The Morgan fingerprint density at radius 1 is 1.53 bits per heavy atom. The van der Waals surface area contributed by atoms with Crippen LogP contribution in [0, 0.1) is 5.82 Å². The summed E-state index contributed by atoms with van der Waals surface area (Å²) in [5, 5.41) is 3.15. The number of hydrogen-bond acceptors (Lipinski definition) is 2. The van der Waals surface area contributed by atoms with Gasteiger partial charge in [-0.25, -0.2) is 4.39 Å². The van der Waals surface area contributed by atoms with Gasteiger partial charge in [-0.1, -0.05) is 12.1 Å². The number of rotatable bonds is 1. The molecule has 0 spiro atoms. The summed E-state index contributed by atoms with van der Waals surface area (Å²) in [7, 11) is 0.673. The smallest absolute Gasteiger partial charge is 0.139 e. The SMILES string of the molecule is CNC1CCCS(=O)c2c(F)cccc21. The normalized spacial score (nSPS) is 25.7. The molecule has 1 aromatic carbocycles. The van der Waals surface area contributed by atoms with Crippen LogP contribution < -0.4 is 5.32 Å². The first-order valence-corrected chi connectivity index (χ1v) is 6.40. The van der Waals surface area contributed by atoms with Crippen molar-refractivity contribution in [1.29, 1.82) is 0 Å². The predicted molar refractivity (Wildman–Crippen MR) is 58.7 cm³/mol. The van der Waals surface area contributed by atoms with Gasteiger partial charge in [-0.15, -0.1) is 0 Å². The molecule has 2 nitrogen and oxygen atoms in total. The van der Waals surface area contributed by atoms with Crippen molar-refractivity contribution in [2.75, 3.05) is 12.8 Å². The molecule has 15 heavy (non-hydrogen) atoms. The largest absolute Gasteiger partial charge is 0.313 e. The van der Waals surface area contributed by atoms with Gasteiger partial charge in [0.05, 0.1) is 15.7 Å². The second-order valence-corrected chi connectivity index (χ2v) is 5.20. The van der Waals surface area contributed by atoms with Crippen LogP contribution in [-0.2, 0) is 10.8 Å². The van der Waals surface area contributed by atoms with Crippen LogP contribution in [0.5, 0.6) is 0 Å². The minimum absolute atomic E-state index is 0.127. The van der Waals surface area contributed by atoms with Gasteiger partial charge in [-0.2, -0.15) is 0 Å². The second kappa shape index (κ2) is 4.41. The minimum Gasteiger partial charge on any atom is -0.313 e. The molecule has 0 aliphatic carbocycles. The summed E-state index contributed by atoms with van der Waals surface area (Å²) in [6.45, 7) is 0. The van der Waals surface area contributed by atoms with E-state index in [0.29, 0.717) is 10.6 Å². The van der Waals surface area contributed by atoms with Crippen molar-refractivity contribution < 1.29 is 8.60 Å². The van der Waals surface area contributed by atoms with Crippen molar-refractivity contribution in [3.05, 3.63) is 29.6 Å². The van der Waals surface area contributed by atoms with Crippen LogP contribution >= 0.6 is 0 Å². The van der Waals surface area contributed by atoms with E-state index in [1.54, 1.807) is 6.07 Å². The van der Waals surface area contributed by atoms with Crippen LogP contribution in [0.3, 0.4) is 0 Å². The molecule has 1 N–H and O–H groups in total. The summed E-state index contributed by atoms with van der Waals surface area (Å²) in [4.78, 5) is 0.398. The molecular formula is C11H14FNOS. The summed E-state index contributed by atoms with van der Waals surface area (Å²) in [5.41, 5.74) is 0.855. The van der Waals surface area contributed by atoms with Crippen LogP contribution in [-0.4, -0.2) is 17.0 Å². The highest BCUT2D eigenvalue weighted by Crippen LogP contribution is 2.30. The quantitative estimate of drug-likeness (QED) is 0.795. The summed E-state index contributed by atoms with van der Waals surface area (Å²) in [6, 6.07) is 5.06. The molecule has 0 fully saturated rings. The lowest BCUT2D eigenvalue weighted by atomic mass is 10.0. The monoisotopic (exact) mass is 227 g/mol. The maximum absolute atomic E-state index is 13.6. The third kappa shape index (κ3) is 1.96. The molecule has 1 aromatic rings. The molecule has 0 bridgehead atoms. The Labute approximate surface area is 91.3 Å². The summed E-state index contributed by atoms with van der Waals surface area (Å²) >= 11 is 0. The topological polar surface area (TPSA) is 29.1 Å². The van der Waals surface area contributed by atoms with Gasteiger partial charge >= 0.3 is 0 Å². The molecule has 82 valence electrons. The number of halogens is 1. The zero-order chi connectivity index (χ0) is 10.8. The Bertz CT molecular complexity index is 394. The van der Waals surface area contributed by atoms with Crippen LogP contribution in [0.2, 0.25) is 0 Å². The molecule has 0 amide bonds. The van der Waals surface area contributed by atoms with Crippen LogP contribution in [0.1, 0.15) is 24.4 Å². The zero-order valence-corrected chi connectivity index (χ0v) is 9.44. The highest BCUT2D eigenvalue weighted by atomic mass is 32.2. The Balaban J connectivity index is 2.56. The van der Waals surface area contributed by atoms with E-state index in [1.807, 2.05) is 13.1 Å². The summed E-state index contributed by atoms with van der Waals surface area (Å²) < 4.78 is 25.4. The number of nitrogens with one attached hydrogen (secondary N) is 1. The molecule has 1 aliphatic heterocycles. The molecule has 2 atom stereocenters. The molecule has 0 saturated heterocycles. The summed E-state index contributed by atoms with van der Waals surface area (Å²) in [6.07, 6.45) is 1.78. The average Bonchev–Trinajstić information content (AvgIpc) is 2.39. The van der Waals surface area contributed by atoms with Crippen LogP contribution in [0.4, 0.5) is 4.39 Å². The molecule has 1 heterocycles. The average molecular weight is 227 g/mol. The Hall–Kier alpha value is -0.740. The highest BCUT2D eigenvalue weighted by molar-refractivity contribution is 7.85. The van der Waals surface area contributed by atoms with E-state index in [1.165, 1.54) is 6.07 Å². The van der Waals surface area contributed by atoms with Crippen molar-refractivity contribution in [3.63, 3.8) is 0 Å².